The third kappa shape index (κ3) is 5.19. The number of H-pyrrole nitrogens is 1. The summed E-state index contributed by atoms with van der Waals surface area (Å²) in [4.78, 5) is 7.82. The summed E-state index contributed by atoms with van der Waals surface area (Å²) in [6.07, 6.45) is 12.0. The third-order valence-electron chi connectivity index (χ3n) is 4.81. The Morgan fingerprint density at radius 2 is 1.96 bits per heavy atom. The average molecular weight is 337 g/mol. The summed E-state index contributed by atoms with van der Waals surface area (Å²) >= 11 is 0. The smallest absolute Gasteiger partial charge is 0.0460 e. The van der Waals surface area contributed by atoms with Gasteiger partial charge in [-0.1, -0.05) is 45.4 Å². The molecule has 1 aromatic heterocycles. The van der Waals surface area contributed by atoms with Gasteiger partial charge in [-0.15, -0.1) is 0 Å². The molecule has 1 unspecified atom stereocenters. The Labute approximate surface area is 152 Å². The van der Waals surface area contributed by atoms with Gasteiger partial charge in [0.1, 0.15) is 0 Å². The first-order chi connectivity index (χ1) is 12.1. The van der Waals surface area contributed by atoms with Gasteiger partial charge in [-0.05, 0) is 61.8 Å². The van der Waals surface area contributed by atoms with Gasteiger partial charge in [0.05, 0.1) is 0 Å². The molecule has 2 nitrogen and oxygen atoms in total. The zero-order valence-electron chi connectivity index (χ0n) is 16.2. The SMILES string of the molecule is C=C1C=N/C=C(\C)CCC(C)CCCc2ccc3[nH]cc1c3c2.CC. The van der Waals surface area contributed by atoms with Crippen LogP contribution >= 0.6 is 0 Å². The Hall–Kier alpha value is -2.09. The van der Waals surface area contributed by atoms with Gasteiger partial charge in [0.15, 0.2) is 0 Å². The number of hydrogen-bond acceptors (Lipinski definition) is 1. The van der Waals surface area contributed by atoms with Crippen LogP contribution in [-0.2, 0) is 6.42 Å². The van der Waals surface area contributed by atoms with Crippen molar-refractivity contribution in [1.82, 2.24) is 4.98 Å². The minimum Gasteiger partial charge on any atom is -0.361 e. The number of aromatic amines is 1. The molecule has 134 valence electrons. The van der Waals surface area contributed by atoms with E-state index in [-0.39, 0.29) is 0 Å². The molecule has 2 heterocycles. The van der Waals surface area contributed by atoms with E-state index in [4.69, 9.17) is 0 Å². The van der Waals surface area contributed by atoms with E-state index in [1.165, 1.54) is 41.3 Å². The van der Waals surface area contributed by atoms with Gasteiger partial charge in [0, 0.05) is 35.1 Å². The summed E-state index contributed by atoms with van der Waals surface area (Å²) in [5.74, 6) is 0.772. The highest BCUT2D eigenvalue weighted by Gasteiger charge is 2.08. The largest absolute Gasteiger partial charge is 0.361 e. The second-order valence-electron chi connectivity index (χ2n) is 6.90. The highest BCUT2D eigenvalue weighted by atomic mass is 14.7. The van der Waals surface area contributed by atoms with Crippen molar-refractivity contribution in [3.05, 3.63) is 53.9 Å². The first-order valence-corrected chi connectivity index (χ1v) is 9.61. The number of hydrogen-bond donors (Lipinski definition) is 1. The van der Waals surface area contributed by atoms with Crippen LogP contribution < -0.4 is 0 Å². The highest BCUT2D eigenvalue weighted by molar-refractivity contribution is 6.14. The lowest BCUT2D eigenvalue weighted by molar-refractivity contribution is 0.474. The maximum Gasteiger partial charge on any atom is 0.0460 e. The number of aromatic nitrogens is 1. The summed E-state index contributed by atoms with van der Waals surface area (Å²) in [6, 6.07) is 6.74. The quantitative estimate of drug-likeness (QED) is 0.540. The molecule has 1 atom stereocenters. The van der Waals surface area contributed by atoms with Crippen molar-refractivity contribution in [1.29, 1.82) is 0 Å². The molecule has 2 bridgehead atoms. The second kappa shape index (κ2) is 9.41. The molecule has 1 aliphatic rings. The Morgan fingerprint density at radius 3 is 2.76 bits per heavy atom. The first-order valence-electron chi connectivity index (χ1n) is 9.61. The summed E-state index contributed by atoms with van der Waals surface area (Å²) in [5.41, 5.74) is 6.04. The van der Waals surface area contributed by atoms with E-state index < -0.39 is 0 Å². The number of aliphatic imine (C=N–C) groups is 1. The fourth-order valence-corrected chi connectivity index (χ4v) is 3.25. The lowest BCUT2D eigenvalue weighted by Gasteiger charge is -2.11. The van der Waals surface area contributed by atoms with Gasteiger partial charge >= 0.3 is 0 Å². The Kier molecular flexibility index (Phi) is 7.24. The monoisotopic (exact) mass is 336 g/mol. The van der Waals surface area contributed by atoms with Crippen LogP contribution in [0.4, 0.5) is 0 Å². The number of fused-ring (bicyclic) bond motifs is 1. The molecule has 3 rings (SSSR count). The number of allylic oxidation sites excluding steroid dienone is 2. The van der Waals surface area contributed by atoms with Gasteiger partial charge in [-0.2, -0.15) is 0 Å². The van der Waals surface area contributed by atoms with E-state index in [0.717, 1.165) is 29.9 Å². The molecule has 0 spiro atoms. The van der Waals surface area contributed by atoms with Gasteiger partial charge in [0.25, 0.3) is 0 Å². The summed E-state index contributed by atoms with van der Waals surface area (Å²) in [5, 5.41) is 1.25. The minimum atomic E-state index is 0.772. The Morgan fingerprint density at radius 1 is 1.16 bits per heavy atom. The van der Waals surface area contributed by atoms with E-state index in [2.05, 4.69) is 48.6 Å². The number of nitrogens with one attached hydrogen (secondary N) is 1. The van der Waals surface area contributed by atoms with Crippen molar-refractivity contribution in [2.45, 2.75) is 59.8 Å². The van der Waals surface area contributed by atoms with Crippen molar-refractivity contribution in [3.63, 3.8) is 0 Å². The van der Waals surface area contributed by atoms with Crippen LogP contribution in [0.3, 0.4) is 0 Å². The van der Waals surface area contributed by atoms with Crippen molar-refractivity contribution >= 4 is 22.7 Å². The lowest BCUT2D eigenvalue weighted by atomic mass is 9.95. The van der Waals surface area contributed by atoms with Crippen LogP contribution in [0.25, 0.3) is 16.5 Å². The van der Waals surface area contributed by atoms with E-state index in [1.54, 1.807) is 0 Å². The van der Waals surface area contributed by atoms with Crippen LogP contribution in [-0.4, -0.2) is 11.2 Å². The predicted octanol–water partition coefficient (Wildman–Crippen LogP) is 6.93. The number of rotatable bonds is 0. The van der Waals surface area contributed by atoms with Gasteiger partial charge < -0.3 is 4.98 Å². The van der Waals surface area contributed by atoms with Crippen LogP contribution in [0, 0.1) is 5.92 Å². The van der Waals surface area contributed by atoms with E-state index >= 15 is 0 Å². The van der Waals surface area contributed by atoms with Crippen molar-refractivity contribution in [2.75, 3.05) is 0 Å². The normalized spacial score (nSPS) is 21.0. The van der Waals surface area contributed by atoms with Crippen molar-refractivity contribution < 1.29 is 0 Å². The summed E-state index contributed by atoms with van der Waals surface area (Å²) in [6.45, 7) is 12.7. The summed E-state index contributed by atoms with van der Waals surface area (Å²) in [7, 11) is 0. The molecule has 0 aliphatic carbocycles. The Bertz CT molecular complexity index is 761. The minimum absolute atomic E-state index is 0.772. The third-order valence-corrected chi connectivity index (χ3v) is 4.81. The second-order valence-corrected chi connectivity index (χ2v) is 6.90. The number of aryl methyl sites for hydroxylation is 1. The molecule has 0 radical (unpaired) electrons. The fourth-order valence-electron chi connectivity index (χ4n) is 3.25. The lowest BCUT2D eigenvalue weighted by Crippen LogP contribution is -1.97. The Balaban J connectivity index is 0.00000109. The molecule has 2 aromatic rings. The van der Waals surface area contributed by atoms with Crippen LogP contribution in [0.1, 0.15) is 64.5 Å². The van der Waals surface area contributed by atoms with Crippen LogP contribution in [0.2, 0.25) is 0 Å². The summed E-state index contributed by atoms with van der Waals surface area (Å²) < 4.78 is 0. The van der Waals surface area contributed by atoms with E-state index in [1.807, 2.05) is 32.5 Å². The first kappa shape index (κ1) is 19.2. The van der Waals surface area contributed by atoms with Gasteiger partial charge in [-0.25, -0.2) is 0 Å². The molecule has 0 fully saturated rings. The average Bonchev–Trinajstić information content (AvgIpc) is 3.04. The number of nitrogens with zero attached hydrogens (tertiary/aromatic N) is 1. The van der Waals surface area contributed by atoms with Gasteiger partial charge in [-0.3, -0.25) is 4.99 Å². The maximum absolute atomic E-state index is 4.48. The van der Waals surface area contributed by atoms with Crippen LogP contribution in [0.5, 0.6) is 0 Å². The molecule has 1 N–H and O–H groups in total. The fraction of sp³-hybridized carbons (Fsp3) is 0.435. The molecule has 1 aromatic carbocycles. The zero-order valence-corrected chi connectivity index (χ0v) is 16.2. The van der Waals surface area contributed by atoms with Gasteiger partial charge in [0.2, 0.25) is 0 Å². The molecule has 1 aliphatic heterocycles. The predicted molar refractivity (Wildman–Crippen MR) is 112 cm³/mol. The van der Waals surface area contributed by atoms with Crippen molar-refractivity contribution in [2.24, 2.45) is 10.9 Å². The molecule has 0 saturated heterocycles. The maximum atomic E-state index is 4.48. The highest BCUT2D eigenvalue weighted by Crippen LogP contribution is 2.26. The molecule has 25 heavy (non-hydrogen) atoms. The molecule has 0 saturated carbocycles. The zero-order chi connectivity index (χ0) is 18.2. The number of benzene rings is 1. The standard InChI is InChI=1S/C21H26N2.C2H6/c1-15-5-4-6-18-9-10-21-19(11-18)20(14-23-21)17(3)13-22-12-16(2)8-7-15;1-2/h9-15,23H,3-8H2,1-2H3;1-2H3/b16-12+,22-13?;. The van der Waals surface area contributed by atoms with Crippen molar-refractivity contribution in [3.8, 4) is 0 Å². The van der Waals surface area contributed by atoms with Crippen LogP contribution in [0.15, 0.2) is 47.7 Å². The van der Waals surface area contributed by atoms with E-state index in [0.29, 0.717) is 0 Å². The van der Waals surface area contributed by atoms with E-state index in [9.17, 15) is 0 Å². The topological polar surface area (TPSA) is 28.1 Å². The molecule has 0 amide bonds. The molecular formula is C23H32N2. The molecular weight excluding hydrogens is 304 g/mol. The molecule has 2 heteroatoms.